The molecule has 0 unspecified atom stereocenters. The van der Waals surface area contributed by atoms with E-state index in [1.807, 2.05) is 0 Å². The standard InChI is InChI=1S/C17H17ClN2O4S3/c1-3-8-26(21,22)17-19-15-7-5-12(9-16(15)25-17)20-27(23,24)13-6-4-11(2)14(18)10-13/h4-7,9-10,20H,3,8H2,1-2H3. The van der Waals surface area contributed by atoms with Gasteiger partial charge in [0.05, 0.1) is 26.6 Å². The lowest BCUT2D eigenvalue weighted by Gasteiger charge is -2.09. The van der Waals surface area contributed by atoms with E-state index >= 15 is 0 Å². The predicted octanol–water partition coefficient (Wildman–Crippen LogP) is 4.24. The molecule has 3 rings (SSSR count). The number of benzene rings is 2. The zero-order valence-corrected chi connectivity index (χ0v) is 17.8. The Morgan fingerprint density at radius 3 is 2.52 bits per heavy atom. The summed E-state index contributed by atoms with van der Waals surface area (Å²) in [5, 5.41) is 0.363. The molecule has 0 atom stereocenters. The number of rotatable bonds is 6. The van der Waals surface area contributed by atoms with Crippen LogP contribution in [-0.2, 0) is 19.9 Å². The average Bonchev–Trinajstić information content (AvgIpc) is 3.01. The third-order valence-corrected chi connectivity index (χ3v) is 8.99. The summed E-state index contributed by atoms with van der Waals surface area (Å²) in [4.78, 5) is 4.21. The number of sulfone groups is 1. The Bertz CT molecular complexity index is 1220. The van der Waals surface area contributed by atoms with Gasteiger partial charge in [0.25, 0.3) is 10.0 Å². The summed E-state index contributed by atoms with van der Waals surface area (Å²) in [7, 11) is -7.24. The zero-order valence-electron chi connectivity index (χ0n) is 14.6. The van der Waals surface area contributed by atoms with Crippen molar-refractivity contribution in [3.05, 3.63) is 47.0 Å². The molecule has 3 aromatic rings. The molecule has 0 amide bonds. The van der Waals surface area contributed by atoms with E-state index in [-0.39, 0.29) is 15.0 Å². The molecule has 0 aliphatic heterocycles. The zero-order chi connectivity index (χ0) is 19.8. The van der Waals surface area contributed by atoms with Crippen LogP contribution in [0.2, 0.25) is 5.02 Å². The minimum atomic E-state index is -3.82. The average molecular weight is 445 g/mol. The molecule has 0 saturated carbocycles. The quantitative estimate of drug-likeness (QED) is 0.613. The van der Waals surface area contributed by atoms with Crippen LogP contribution in [0.15, 0.2) is 45.6 Å². The highest BCUT2D eigenvalue weighted by Gasteiger charge is 2.20. The molecule has 6 nitrogen and oxygen atoms in total. The number of aromatic nitrogens is 1. The van der Waals surface area contributed by atoms with Crippen molar-refractivity contribution in [3.63, 3.8) is 0 Å². The predicted molar refractivity (Wildman–Crippen MR) is 109 cm³/mol. The van der Waals surface area contributed by atoms with E-state index in [0.29, 0.717) is 27.3 Å². The molecule has 10 heteroatoms. The van der Waals surface area contributed by atoms with Crippen LogP contribution in [0.3, 0.4) is 0 Å². The van der Waals surface area contributed by atoms with Crippen molar-refractivity contribution in [1.82, 2.24) is 4.98 Å². The van der Waals surface area contributed by atoms with Gasteiger partial charge in [-0.25, -0.2) is 21.8 Å². The lowest BCUT2D eigenvalue weighted by molar-refractivity contribution is 0.594. The molecule has 0 spiro atoms. The Hall–Kier alpha value is -1.68. The van der Waals surface area contributed by atoms with Crippen molar-refractivity contribution < 1.29 is 16.8 Å². The number of nitrogens with one attached hydrogen (secondary N) is 1. The number of hydrogen-bond donors (Lipinski definition) is 1. The Kier molecular flexibility index (Phi) is 5.49. The maximum Gasteiger partial charge on any atom is 0.261 e. The number of aryl methyl sites for hydroxylation is 1. The molecule has 0 aliphatic rings. The second kappa shape index (κ2) is 7.38. The van der Waals surface area contributed by atoms with E-state index in [4.69, 9.17) is 11.6 Å². The van der Waals surface area contributed by atoms with E-state index in [1.165, 1.54) is 12.1 Å². The van der Waals surface area contributed by atoms with Crippen molar-refractivity contribution >= 4 is 58.7 Å². The van der Waals surface area contributed by atoms with Crippen LogP contribution in [0.5, 0.6) is 0 Å². The summed E-state index contributed by atoms with van der Waals surface area (Å²) in [5.74, 6) is 0.0283. The minimum absolute atomic E-state index is 0.0283. The molecule has 144 valence electrons. The molecule has 0 bridgehead atoms. The second-order valence-electron chi connectivity index (χ2n) is 6.00. The maximum absolute atomic E-state index is 12.6. The maximum atomic E-state index is 12.6. The molecule has 1 aromatic heterocycles. The van der Waals surface area contributed by atoms with Gasteiger partial charge in [0, 0.05) is 5.02 Å². The lowest BCUT2D eigenvalue weighted by Crippen LogP contribution is -2.12. The fourth-order valence-corrected chi connectivity index (χ4v) is 6.44. The van der Waals surface area contributed by atoms with Crippen LogP contribution in [0.1, 0.15) is 18.9 Å². The number of sulfonamides is 1. The number of fused-ring (bicyclic) bond motifs is 1. The first kappa shape index (κ1) is 20.1. The molecule has 0 fully saturated rings. The molecule has 2 aromatic carbocycles. The summed E-state index contributed by atoms with van der Waals surface area (Å²) < 4.78 is 52.6. The molecule has 1 heterocycles. The second-order valence-corrected chi connectivity index (χ2v) is 11.4. The van der Waals surface area contributed by atoms with Gasteiger partial charge in [0.2, 0.25) is 14.2 Å². The first-order valence-electron chi connectivity index (χ1n) is 8.05. The number of thiazole rings is 1. The Morgan fingerprint density at radius 1 is 1.11 bits per heavy atom. The van der Waals surface area contributed by atoms with Gasteiger partial charge < -0.3 is 0 Å². The molecular formula is C17H17ClN2O4S3. The fourth-order valence-electron chi connectivity index (χ4n) is 2.41. The van der Waals surface area contributed by atoms with E-state index in [2.05, 4.69) is 9.71 Å². The van der Waals surface area contributed by atoms with Crippen LogP contribution in [0.25, 0.3) is 10.2 Å². The van der Waals surface area contributed by atoms with Gasteiger partial charge in [-0.1, -0.05) is 24.6 Å². The summed E-state index contributed by atoms with van der Waals surface area (Å²) in [6.45, 7) is 3.57. The minimum Gasteiger partial charge on any atom is -0.280 e. The monoisotopic (exact) mass is 444 g/mol. The lowest BCUT2D eigenvalue weighted by atomic mass is 10.2. The van der Waals surface area contributed by atoms with Gasteiger partial charge in [-0.15, -0.1) is 11.3 Å². The van der Waals surface area contributed by atoms with Crippen LogP contribution in [0, 0.1) is 6.92 Å². The van der Waals surface area contributed by atoms with Gasteiger partial charge in [0.1, 0.15) is 0 Å². The highest BCUT2D eigenvalue weighted by molar-refractivity contribution is 7.93. The molecule has 0 aliphatic carbocycles. The molecule has 0 saturated heterocycles. The van der Waals surface area contributed by atoms with Crippen LogP contribution in [0.4, 0.5) is 5.69 Å². The van der Waals surface area contributed by atoms with E-state index < -0.39 is 19.9 Å². The van der Waals surface area contributed by atoms with Gasteiger partial charge in [-0.2, -0.15) is 0 Å². The van der Waals surface area contributed by atoms with Crippen molar-refractivity contribution in [3.8, 4) is 0 Å². The highest BCUT2D eigenvalue weighted by Crippen LogP contribution is 2.30. The van der Waals surface area contributed by atoms with Gasteiger partial charge in [0.15, 0.2) is 0 Å². The molecule has 27 heavy (non-hydrogen) atoms. The van der Waals surface area contributed by atoms with E-state index in [0.717, 1.165) is 16.9 Å². The van der Waals surface area contributed by atoms with E-state index in [9.17, 15) is 16.8 Å². The Morgan fingerprint density at radius 2 is 1.85 bits per heavy atom. The first-order chi connectivity index (χ1) is 12.6. The van der Waals surface area contributed by atoms with Crippen molar-refractivity contribution in [2.45, 2.75) is 29.5 Å². The van der Waals surface area contributed by atoms with Gasteiger partial charge >= 0.3 is 0 Å². The Labute approximate surface area is 167 Å². The highest BCUT2D eigenvalue weighted by atomic mass is 35.5. The summed E-state index contributed by atoms with van der Waals surface area (Å²) >= 11 is 7.05. The van der Waals surface area contributed by atoms with Gasteiger partial charge in [-0.3, -0.25) is 4.72 Å². The molecule has 0 radical (unpaired) electrons. The smallest absolute Gasteiger partial charge is 0.261 e. The van der Waals surface area contributed by atoms with Crippen molar-refractivity contribution in [1.29, 1.82) is 0 Å². The van der Waals surface area contributed by atoms with Crippen LogP contribution in [-0.4, -0.2) is 27.6 Å². The third kappa shape index (κ3) is 4.26. The third-order valence-electron chi connectivity index (χ3n) is 3.81. The number of nitrogens with zero attached hydrogens (tertiary/aromatic N) is 1. The number of halogens is 1. The molecular weight excluding hydrogens is 428 g/mol. The number of hydrogen-bond acceptors (Lipinski definition) is 6. The van der Waals surface area contributed by atoms with Crippen molar-refractivity contribution in [2.24, 2.45) is 0 Å². The topological polar surface area (TPSA) is 93.2 Å². The number of anilines is 1. The molecule has 1 N–H and O–H groups in total. The first-order valence-corrected chi connectivity index (χ1v) is 12.4. The normalized spacial score (nSPS) is 12.4. The van der Waals surface area contributed by atoms with E-state index in [1.54, 1.807) is 38.1 Å². The fraction of sp³-hybridized carbons (Fsp3) is 0.235. The van der Waals surface area contributed by atoms with Crippen LogP contribution < -0.4 is 4.72 Å². The largest absolute Gasteiger partial charge is 0.280 e. The SMILES string of the molecule is CCCS(=O)(=O)c1nc2ccc(NS(=O)(=O)c3ccc(C)c(Cl)c3)cc2s1. The van der Waals surface area contributed by atoms with Crippen LogP contribution >= 0.6 is 22.9 Å². The Balaban J connectivity index is 1.94. The summed E-state index contributed by atoms with van der Waals surface area (Å²) in [6.07, 6.45) is 0.502. The summed E-state index contributed by atoms with van der Waals surface area (Å²) in [5.41, 5.74) is 1.61. The summed E-state index contributed by atoms with van der Waals surface area (Å²) in [6, 6.07) is 9.21. The van der Waals surface area contributed by atoms with Crippen molar-refractivity contribution in [2.75, 3.05) is 10.5 Å². The van der Waals surface area contributed by atoms with Gasteiger partial charge in [-0.05, 0) is 49.2 Å².